The standard InChI is InChI=1S/C14H16N2O5/c1-4-20-14(17)13-15-12(21-16-13)8-9-7-10(18-2)5-6-11(9)19-3/h5-7H,4,8H2,1-3H3. The molecule has 21 heavy (non-hydrogen) atoms. The van der Waals surface area contributed by atoms with Gasteiger partial charge in [-0.2, -0.15) is 4.98 Å². The average Bonchev–Trinajstić information content (AvgIpc) is 2.96. The fraction of sp³-hybridized carbons (Fsp3) is 0.357. The molecule has 1 heterocycles. The number of aromatic nitrogens is 2. The highest BCUT2D eigenvalue weighted by molar-refractivity contribution is 5.84. The zero-order valence-electron chi connectivity index (χ0n) is 12.1. The Labute approximate surface area is 121 Å². The molecule has 0 radical (unpaired) electrons. The third-order valence-corrected chi connectivity index (χ3v) is 2.76. The molecule has 0 aliphatic carbocycles. The summed E-state index contributed by atoms with van der Waals surface area (Å²) in [7, 11) is 3.15. The van der Waals surface area contributed by atoms with E-state index in [0.717, 1.165) is 5.56 Å². The lowest BCUT2D eigenvalue weighted by molar-refractivity contribution is 0.0508. The van der Waals surface area contributed by atoms with Crippen molar-refractivity contribution in [2.24, 2.45) is 0 Å². The molecule has 112 valence electrons. The van der Waals surface area contributed by atoms with E-state index >= 15 is 0 Å². The third-order valence-electron chi connectivity index (χ3n) is 2.76. The molecule has 0 bridgehead atoms. The van der Waals surface area contributed by atoms with Crippen molar-refractivity contribution in [2.45, 2.75) is 13.3 Å². The molecular formula is C14H16N2O5. The number of ether oxygens (including phenoxy) is 3. The largest absolute Gasteiger partial charge is 0.497 e. The monoisotopic (exact) mass is 292 g/mol. The first-order valence-electron chi connectivity index (χ1n) is 6.38. The Kier molecular flexibility index (Phi) is 4.76. The predicted molar refractivity (Wildman–Crippen MR) is 72.6 cm³/mol. The van der Waals surface area contributed by atoms with Gasteiger partial charge in [-0.1, -0.05) is 0 Å². The van der Waals surface area contributed by atoms with Crippen LogP contribution in [0.4, 0.5) is 0 Å². The number of carbonyl (C=O) groups is 1. The summed E-state index contributed by atoms with van der Waals surface area (Å²) in [6.45, 7) is 1.96. The number of nitrogens with zero attached hydrogens (tertiary/aromatic N) is 2. The first-order valence-corrected chi connectivity index (χ1v) is 6.38. The molecule has 0 aliphatic heterocycles. The number of hydrogen-bond acceptors (Lipinski definition) is 7. The zero-order chi connectivity index (χ0) is 15.2. The molecule has 0 aliphatic rings. The minimum Gasteiger partial charge on any atom is -0.497 e. The van der Waals surface area contributed by atoms with E-state index in [1.807, 2.05) is 6.07 Å². The highest BCUT2D eigenvalue weighted by atomic mass is 16.5. The van der Waals surface area contributed by atoms with Crippen molar-refractivity contribution in [3.05, 3.63) is 35.5 Å². The van der Waals surface area contributed by atoms with E-state index < -0.39 is 5.97 Å². The summed E-state index contributed by atoms with van der Waals surface area (Å²) in [5, 5.41) is 3.60. The molecule has 7 nitrogen and oxygen atoms in total. The van der Waals surface area contributed by atoms with Crippen LogP contribution >= 0.6 is 0 Å². The lowest BCUT2D eigenvalue weighted by Gasteiger charge is -2.08. The van der Waals surface area contributed by atoms with Crippen LogP contribution in [0.5, 0.6) is 11.5 Å². The van der Waals surface area contributed by atoms with E-state index in [9.17, 15) is 4.79 Å². The van der Waals surface area contributed by atoms with Crippen LogP contribution in [0.3, 0.4) is 0 Å². The Balaban J connectivity index is 2.20. The maximum atomic E-state index is 11.5. The second kappa shape index (κ2) is 6.74. The fourth-order valence-electron chi connectivity index (χ4n) is 1.79. The van der Waals surface area contributed by atoms with E-state index in [1.54, 1.807) is 33.3 Å². The van der Waals surface area contributed by atoms with E-state index in [0.29, 0.717) is 23.8 Å². The van der Waals surface area contributed by atoms with Crippen LogP contribution in [-0.2, 0) is 11.2 Å². The number of carbonyl (C=O) groups excluding carboxylic acids is 1. The minimum absolute atomic E-state index is 0.0892. The summed E-state index contributed by atoms with van der Waals surface area (Å²) < 4.78 is 20.3. The molecule has 0 N–H and O–H groups in total. The van der Waals surface area contributed by atoms with Crippen LogP contribution in [0.1, 0.15) is 29.0 Å². The fourth-order valence-corrected chi connectivity index (χ4v) is 1.79. The van der Waals surface area contributed by atoms with Crippen molar-refractivity contribution >= 4 is 5.97 Å². The van der Waals surface area contributed by atoms with Gasteiger partial charge in [-0.3, -0.25) is 0 Å². The normalized spacial score (nSPS) is 10.2. The molecule has 1 aromatic carbocycles. The average molecular weight is 292 g/mol. The van der Waals surface area contributed by atoms with Gasteiger partial charge in [0.05, 0.1) is 27.2 Å². The number of methoxy groups -OCH3 is 2. The van der Waals surface area contributed by atoms with Crippen LogP contribution in [0, 0.1) is 0 Å². The van der Waals surface area contributed by atoms with Gasteiger partial charge in [-0.05, 0) is 30.3 Å². The summed E-state index contributed by atoms with van der Waals surface area (Å²) in [4.78, 5) is 15.5. The summed E-state index contributed by atoms with van der Waals surface area (Å²) >= 11 is 0. The smallest absolute Gasteiger partial charge is 0.379 e. The first-order chi connectivity index (χ1) is 10.2. The molecule has 0 amide bonds. The van der Waals surface area contributed by atoms with Crippen molar-refractivity contribution in [1.82, 2.24) is 10.1 Å². The van der Waals surface area contributed by atoms with Crippen LogP contribution in [-0.4, -0.2) is 36.9 Å². The summed E-state index contributed by atoms with van der Waals surface area (Å²) in [5.74, 6) is 0.964. The zero-order valence-corrected chi connectivity index (χ0v) is 12.1. The Hall–Kier alpha value is -2.57. The molecule has 7 heteroatoms. The quantitative estimate of drug-likeness (QED) is 0.751. The minimum atomic E-state index is -0.606. The Bertz CT molecular complexity index is 624. The lowest BCUT2D eigenvalue weighted by atomic mass is 10.1. The highest BCUT2D eigenvalue weighted by Crippen LogP contribution is 2.25. The number of hydrogen-bond donors (Lipinski definition) is 0. The molecule has 0 saturated heterocycles. The second-order valence-electron chi connectivity index (χ2n) is 4.09. The molecule has 2 aromatic rings. The Morgan fingerprint density at radius 2 is 2.10 bits per heavy atom. The Morgan fingerprint density at radius 1 is 1.29 bits per heavy atom. The van der Waals surface area contributed by atoms with Gasteiger partial charge in [-0.15, -0.1) is 0 Å². The third kappa shape index (κ3) is 3.50. The van der Waals surface area contributed by atoms with Crippen LogP contribution < -0.4 is 9.47 Å². The number of benzene rings is 1. The van der Waals surface area contributed by atoms with Gasteiger partial charge in [0, 0.05) is 5.56 Å². The molecule has 0 unspecified atom stereocenters. The van der Waals surface area contributed by atoms with Gasteiger partial charge >= 0.3 is 5.97 Å². The topological polar surface area (TPSA) is 83.7 Å². The molecule has 0 spiro atoms. The molecule has 0 saturated carbocycles. The van der Waals surface area contributed by atoms with Crippen LogP contribution in [0.15, 0.2) is 22.7 Å². The summed E-state index contributed by atoms with van der Waals surface area (Å²) in [6.07, 6.45) is 0.326. The van der Waals surface area contributed by atoms with Crippen molar-refractivity contribution < 1.29 is 23.5 Å². The van der Waals surface area contributed by atoms with E-state index in [2.05, 4.69) is 10.1 Å². The highest BCUT2D eigenvalue weighted by Gasteiger charge is 2.17. The maximum Gasteiger partial charge on any atom is 0.379 e. The van der Waals surface area contributed by atoms with Crippen molar-refractivity contribution in [1.29, 1.82) is 0 Å². The lowest BCUT2D eigenvalue weighted by Crippen LogP contribution is -2.06. The van der Waals surface area contributed by atoms with E-state index in [-0.39, 0.29) is 12.4 Å². The van der Waals surface area contributed by atoms with Crippen molar-refractivity contribution in [3.8, 4) is 11.5 Å². The molecule has 2 rings (SSSR count). The van der Waals surface area contributed by atoms with E-state index in [4.69, 9.17) is 18.7 Å². The van der Waals surface area contributed by atoms with Crippen LogP contribution in [0.25, 0.3) is 0 Å². The van der Waals surface area contributed by atoms with Crippen molar-refractivity contribution in [3.63, 3.8) is 0 Å². The predicted octanol–water partition coefficient (Wildman–Crippen LogP) is 1.85. The number of rotatable bonds is 6. The van der Waals surface area contributed by atoms with Gasteiger partial charge < -0.3 is 18.7 Å². The first kappa shape index (κ1) is 14.8. The van der Waals surface area contributed by atoms with Gasteiger partial charge in [0.2, 0.25) is 5.89 Å². The number of esters is 1. The van der Waals surface area contributed by atoms with Gasteiger partial charge in [0.1, 0.15) is 11.5 Å². The molecule has 1 aromatic heterocycles. The van der Waals surface area contributed by atoms with Gasteiger partial charge in [0.15, 0.2) is 0 Å². The molecular weight excluding hydrogens is 276 g/mol. The van der Waals surface area contributed by atoms with Crippen LogP contribution in [0.2, 0.25) is 0 Å². The second-order valence-corrected chi connectivity index (χ2v) is 4.09. The Morgan fingerprint density at radius 3 is 2.76 bits per heavy atom. The van der Waals surface area contributed by atoms with E-state index in [1.165, 1.54) is 0 Å². The summed E-state index contributed by atoms with van der Waals surface area (Å²) in [6, 6.07) is 5.39. The van der Waals surface area contributed by atoms with Crippen molar-refractivity contribution in [2.75, 3.05) is 20.8 Å². The molecule has 0 fully saturated rings. The van der Waals surface area contributed by atoms with Gasteiger partial charge in [0.25, 0.3) is 5.82 Å². The summed E-state index contributed by atoms with van der Waals surface area (Å²) in [5.41, 5.74) is 0.816. The molecule has 0 atom stereocenters. The van der Waals surface area contributed by atoms with Gasteiger partial charge in [-0.25, -0.2) is 4.79 Å². The SMILES string of the molecule is CCOC(=O)c1noc(Cc2cc(OC)ccc2OC)n1. The maximum absolute atomic E-state index is 11.5.